The first kappa shape index (κ1) is 9.05. The molecule has 14 heavy (non-hydrogen) atoms. The molecule has 1 aromatic rings. The third-order valence-electron chi connectivity index (χ3n) is 2.34. The molecular formula is C9H15N5. The fourth-order valence-corrected chi connectivity index (χ4v) is 1.59. The van der Waals surface area contributed by atoms with E-state index in [1.54, 1.807) is 0 Å². The lowest BCUT2D eigenvalue weighted by molar-refractivity contribution is 0.698. The molecule has 3 N–H and O–H groups in total. The third-order valence-corrected chi connectivity index (χ3v) is 2.34. The summed E-state index contributed by atoms with van der Waals surface area (Å²) in [6, 6.07) is 0. The number of nitrogens with two attached hydrogens (primary N) is 1. The molecule has 1 aromatic heterocycles. The summed E-state index contributed by atoms with van der Waals surface area (Å²) in [6.45, 7) is 6.83. The maximum Gasteiger partial charge on any atom is 0.208 e. The van der Waals surface area contributed by atoms with Crippen molar-refractivity contribution < 1.29 is 0 Å². The second kappa shape index (κ2) is 3.01. The van der Waals surface area contributed by atoms with E-state index >= 15 is 0 Å². The molecule has 1 aliphatic heterocycles. The zero-order chi connectivity index (χ0) is 10.3. The molecule has 2 rings (SSSR count). The Morgan fingerprint density at radius 1 is 1.50 bits per heavy atom. The minimum Gasteiger partial charge on any atom is -0.369 e. The van der Waals surface area contributed by atoms with Gasteiger partial charge in [0.15, 0.2) is 0 Å². The van der Waals surface area contributed by atoms with Crippen LogP contribution in [0.15, 0.2) is 4.99 Å². The summed E-state index contributed by atoms with van der Waals surface area (Å²) in [5.74, 6) is 1.84. The smallest absolute Gasteiger partial charge is 0.208 e. The van der Waals surface area contributed by atoms with E-state index in [0.717, 1.165) is 17.2 Å². The number of nitrogens with one attached hydrogen (secondary N) is 1. The van der Waals surface area contributed by atoms with Gasteiger partial charge < -0.3 is 5.73 Å². The van der Waals surface area contributed by atoms with Crippen LogP contribution in [-0.2, 0) is 6.54 Å². The highest BCUT2D eigenvalue weighted by atomic mass is 15.5. The fraction of sp³-hybridized carbons (Fsp3) is 0.556. The first-order valence-electron chi connectivity index (χ1n) is 4.74. The van der Waals surface area contributed by atoms with E-state index in [1.165, 1.54) is 0 Å². The Hall–Kier alpha value is -1.52. The second-order valence-corrected chi connectivity index (χ2v) is 3.81. The topological polar surface area (TPSA) is 68.2 Å². The molecule has 5 nitrogen and oxygen atoms in total. The second-order valence-electron chi connectivity index (χ2n) is 3.81. The normalized spacial score (nSPS) is 15.0. The molecule has 0 spiro atoms. The third kappa shape index (κ3) is 1.25. The van der Waals surface area contributed by atoms with E-state index in [4.69, 9.17) is 5.73 Å². The quantitative estimate of drug-likeness (QED) is 0.689. The summed E-state index contributed by atoms with van der Waals surface area (Å²) in [5, 5.41) is 0. The van der Waals surface area contributed by atoms with E-state index < -0.39 is 0 Å². The molecule has 0 aromatic carbocycles. The molecule has 0 radical (unpaired) electrons. The van der Waals surface area contributed by atoms with Gasteiger partial charge in [-0.2, -0.15) is 0 Å². The van der Waals surface area contributed by atoms with Gasteiger partial charge in [0.25, 0.3) is 0 Å². The van der Waals surface area contributed by atoms with Crippen molar-refractivity contribution in [3.63, 3.8) is 0 Å². The lowest BCUT2D eigenvalue weighted by Gasteiger charge is -2.18. The highest BCUT2D eigenvalue weighted by molar-refractivity contribution is 5.86. The van der Waals surface area contributed by atoms with Crippen LogP contribution >= 0.6 is 0 Å². The maximum atomic E-state index is 5.62. The van der Waals surface area contributed by atoms with Gasteiger partial charge in [0, 0.05) is 5.92 Å². The summed E-state index contributed by atoms with van der Waals surface area (Å²) in [7, 11) is 0. The molecule has 1 aliphatic rings. The number of nitrogens with zero attached hydrogens (tertiary/aromatic N) is 3. The number of guanidine groups is 1. The van der Waals surface area contributed by atoms with E-state index in [0.29, 0.717) is 18.4 Å². The molecule has 0 atom stereocenters. The lowest BCUT2D eigenvalue weighted by Crippen LogP contribution is -2.35. The van der Waals surface area contributed by atoms with Crippen LogP contribution in [0.3, 0.4) is 0 Å². The van der Waals surface area contributed by atoms with E-state index in [-0.39, 0.29) is 0 Å². The predicted molar refractivity (Wildman–Crippen MR) is 55.7 cm³/mol. The van der Waals surface area contributed by atoms with Crippen molar-refractivity contribution in [2.75, 3.05) is 5.43 Å². The van der Waals surface area contributed by atoms with Crippen LogP contribution in [0.2, 0.25) is 0 Å². The fourth-order valence-electron chi connectivity index (χ4n) is 1.59. The van der Waals surface area contributed by atoms with Gasteiger partial charge >= 0.3 is 0 Å². The minimum atomic E-state index is 0.376. The highest BCUT2D eigenvalue weighted by Crippen LogP contribution is 2.19. The van der Waals surface area contributed by atoms with Crippen molar-refractivity contribution in [2.24, 2.45) is 10.7 Å². The van der Waals surface area contributed by atoms with Crippen molar-refractivity contribution in [2.45, 2.75) is 33.2 Å². The van der Waals surface area contributed by atoms with Gasteiger partial charge in [-0.25, -0.2) is 14.7 Å². The van der Waals surface area contributed by atoms with Gasteiger partial charge in [-0.05, 0) is 6.92 Å². The zero-order valence-electron chi connectivity index (χ0n) is 8.70. The minimum absolute atomic E-state index is 0.376. The number of rotatable bonds is 1. The van der Waals surface area contributed by atoms with Crippen molar-refractivity contribution in [1.82, 2.24) is 9.66 Å². The van der Waals surface area contributed by atoms with Crippen LogP contribution in [0, 0.1) is 6.92 Å². The van der Waals surface area contributed by atoms with Crippen LogP contribution in [0.5, 0.6) is 0 Å². The Balaban J connectivity index is 2.49. The Labute approximate surface area is 83.0 Å². The molecule has 0 fully saturated rings. The van der Waals surface area contributed by atoms with Crippen LogP contribution in [0.4, 0.5) is 0 Å². The van der Waals surface area contributed by atoms with Gasteiger partial charge in [-0.15, -0.1) is 0 Å². The van der Waals surface area contributed by atoms with Crippen molar-refractivity contribution >= 4 is 5.96 Å². The molecule has 0 amide bonds. The average molecular weight is 193 g/mol. The lowest BCUT2D eigenvalue weighted by atomic mass is 10.2. The number of hydrogen-bond acceptors (Lipinski definition) is 4. The molecule has 5 heteroatoms. The molecule has 0 unspecified atom stereocenters. The van der Waals surface area contributed by atoms with Crippen molar-refractivity contribution in [1.29, 1.82) is 0 Å². The average Bonchev–Trinajstić information content (AvgIpc) is 2.43. The van der Waals surface area contributed by atoms with Crippen LogP contribution < -0.4 is 11.2 Å². The summed E-state index contributed by atoms with van der Waals surface area (Å²) in [4.78, 5) is 8.62. The van der Waals surface area contributed by atoms with Crippen LogP contribution in [-0.4, -0.2) is 15.6 Å². The number of fused-ring (bicyclic) bond motifs is 1. The van der Waals surface area contributed by atoms with Gasteiger partial charge in [-0.3, -0.25) is 5.43 Å². The first-order chi connectivity index (χ1) is 6.59. The number of aliphatic imine (C=N–C) groups is 1. The van der Waals surface area contributed by atoms with Crippen molar-refractivity contribution in [3.8, 4) is 0 Å². The molecule has 76 valence electrons. The molecule has 0 saturated heterocycles. The standard InChI is InChI=1S/C9H15N5/c1-5(2)8-12-6(3)7-4-11-9(10)13-14(7)8/h5H,4H2,1-3H3,(H3,10,11,13). The molecular weight excluding hydrogens is 178 g/mol. The summed E-state index contributed by atoms with van der Waals surface area (Å²) in [6.07, 6.45) is 0. The summed E-state index contributed by atoms with van der Waals surface area (Å²) < 4.78 is 1.95. The van der Waals surface area contributed by atoms with Crippen molar-refractivity contribution in [3.05, 3.63) is 17.2 Å². The number of hydrogen-bond donors (Lipinski definition) is 2. The van der Waals surface area contributed by atoms with Gasteiger partial charge in [0.1, 0.15) is 5.82 Å². The first-order valence-corrected chi connectivity index (χ1v) is 4.74. The number of aryl methyl sites for hydroxylation is 1. The monoisotopic (exact) mass is 193 g/mol. The Bertz CT molecular complexity index is 388. The largest absolute Gasteiger partial charge is 0.369 e. The summed E-state index contributed by atoms with van der Waals surface area (Å²) in [5.41, 5.74) is 10.8. The molecule has 0 aliphatic carbocycles. The van der Waals surface area contributed by atoms with Gasteiger partial charge in [0.2, 0.25) is 5.96 Å². The van der Waals surface area contributed by atoms with Crippen LogP contribution in [0.1, 0.15) is 37.0 Å². The predicted octanol–water partition coefficient (Wildman–Crippen LogP) is 0.687. The number of imidazole rings is 1. The summed E-state index contributed by atoms with van der Waals surface area (Å²) >= 11 is 0. The Kier molecular flexibility index (Phi) is 1.94. The molecule has 0 saturated carbocycles. The highest BCUT2D eigenvalue weighted by Gasteiger charge is 2.19. The maximum absolute atomic E-state index is 5.62. The zero-order valence-corrected chi connectivity index (χ0v) is 8.70. The van der Waals surface area contributed by atoms with E-state index in [2.05, 4.69) is 29.2 Å². The van der Waals surface area contributed by atoms with E-state index in [1.807, 2.05) is 11.6 Å². The van der Waals surface area contributed by atoms with E-state index in [9.17, 15) is 0 Å². The Morgan fingerprint density at radius 2 is 2.21 bits per heavy atom. The molecule has 0 bridgehead atoms. The van der Waals surface area contributed by atoms with Gasteiger partial charge in [-0.1, -0.05) is 13.8 Å². The number of aromatic nitrogens is 2. The molecule has 2 heterocycles. The van der Waals surface area contributed by atoms with Crippen LogP contribution in [0.25, 0.3) is 0 Å². The SMILES string of the molecule is Cc1nc(C(C)C)n2c1CN=C(N)N2. The Morgan fingerprint density at radius 3 is 2.86 bits per heavy atom. The van der Waals surface area contributed by atoms with Gasteiger partial charge in [0.05, 0.1) is 17.9 Å².